The molecule has 0 radical (unpaired) electrons. The Morgan fingerprint density at radius 3 is 2.52 bits per heavy atom. The van der Waals surface area contributed by atoms with E-state index in [9.17, 15) is 9.59 Å². The smallest absolute Gasteiger partial charge is 0.257 e. The number of morpholine rings is 1. The first-order valence-corrected chi connectivity index (χ1v) is 10.8. The van der Waals surface area contributed by atoms with Crippen LogP contribution < -0.4 is 0 Å². The predicted molar refractivity (Wildman–Crippen MR) is 107 cm³/mol. The maximum Gasteiger partial charge on any atom is 0.257 e. The molecule has 8 heteroatoms. The first-order valence-electron chi connectivity index (χ1n) is 10.8. The Kier molecular flexibility index (Phi) is 6.40. The number of aryl methyl sites for hydroxylation is 1. The third kappa shape index (κ3) is 4.59. The number of nitrogens with zero attached hydrogens (tertiary/aromatic N) is 5. The van der Waals surface area contributed by atoms with Crippen molar-refractivity contribution in [2.24, 2.45) is 5.92 Å². The monoisotopic (exact) mass is 401 g/mol. The third-order valence-corrected chi connectivity index (χ3v) is 6.53. The van der Waals surface area contributed by atoms with Gasteiger partial charge in [-0.3, -0.25) is 14.5 Å². The average Bonchev–Trinajstić information content (AvgIpc) is 2.79. The van der Waals surface area contributed by atoms with E-state index in [1.54, 1.807) is 6.20 Å². The Bertz CT molecular complexity index is 729. The van der Waals surface area contributed by atoms with Crippen LogP contribution in [0.4, 0.5) is 0 Å². The number of amides is 2. The molecule has 1 unspecified atom stereocenters. The number of aromatic nitrogens is 2. The van der Waals surface area contributed by atoms with Crippen LogP contribution in [0.2, 0.25) is 0 Å². The quantitative estimate of drug-likeness (QED) is 0.751. The van der Waals surface area contributed by atoms with Gasteiger partial charge >= 0.3 is 0 Å². The molecule has 3 aliphatic heterocycles. The standard InChI is InChI=1S/C21H31N5O3/c1-16-19(13-22-15-23-16)21(28)24-7-4-18(5-8-24)26-6-2-3-17(14-26)20(27)25-9-11-29-12-10-25/h13,15,17-18H,2-12,14H2,1H3. The van der Waals surface area contributed by atoms with Gasteiger partial charge in [-0.2, -0.15) is 0 Å². The zero-order chi connectivity index (χ0) is 20.2. The molecule has 3 saturated heterocycles. The van der Waals surface area contributed by atoms with Crippen molar-refractivity contribution in [1.29, 1.82) is 0 Å². The molecular formula is C21H31N5O3. The minimum absolute atomic E-state index is 0.0283. The van der Waals surface area contributed by atoms with Crippen molar-refractivity contribution in [3.8, 4) is 0 Å². The molecule has 3 fully saturated rings. The second kappa shape index (κ2) is 9.17. The van der Waals surface area contributed by atoms with Gasteiger partial charge < -0.3 is 14.5 Å². The van der Waals surface area contributed by atoms with Crippen LogP contribution in [0.5, 0.6) is 0 Å². The van der Waals surface area contributed by atoms with Gasteiger partial charge in [0.25, 0.3) is 5.91 Å². The summed E-state index contributed by atoms with van der Waals surface area (Å²) in [6.07, 6.45) is 7.05. The number of carbonyl (C=O) groups is 2. The zero-order valence-electron chi connectivity index (χ0n) is 17.3. The SMILES string of the molecule is Cc1ncncc1C(=O)N1CCC(N2CCCC(C(=O)N3CCOCC3)C2)CC1. The zero-order valence-corrected chi connectivity index (χ0v) is 17.3. The van der Waals surface area contributed by atoms with E-state index >= 15 is 0 Å². The second-order valence-corrected chi connectivity index (χ2v) is 8.32. The lowest BCUT2D eigenvalue weighted by molar-refractivity contribution is -0.141. The Morgan fingerprint density at radius 1 is 1.03 bits per heavy atom. The molecule has 2 amide bonds. The van der Waals surface area contributed by atoms with Gasteiger partial charge in [0.2, 0.25) is 5.91 Å². The maximum absolute atomic E-state index is 12.9. The fraction of sp³-hybridized carbons (Fsp3) is 0.714. The Labute approximate surface area is 172 Å². The van der Waals surface area contributed by atoms with E-state index in [1.165, 1.54) is 6.33 Å². The first-order chi connectivity index (χ1) is 14.1. The normalized spacial score (nSPS) is 24.5. The topological polar surface area (TPSA) is 78.9 Å². The molecule has 1 aromatic rings. The summed E-state index contributed by atoms with van der Waals surface area (Å²) in [5.74, 6) is 0.427. The van der Waals surface area contributed by atoms with E-state index in [2.05, 4.69) is 14.9 Å². The highest BCUT2D eigenvalue weighted by Crippen LogP contribution is 2.26. The van der Waals surface area contributed by atoms with Crippen LogP contribution in [0.1, 0.15) is 41.7 Å². The summed E-state index contributed by atoms with van der Waals surface area (Å²) in [5.41, 5.74) is 1.33. The summed E-state index contributed by atoms with van der Waals surface area (Å²) in [5, 5.41) is 0. The van der Waals surface area contributed by atoms with Gasteiger partial charge in [0.05, 0.1) is 30.4 Å². The highest BCUT2D eigenvalue weighted by atomic mass is 16.5. The molecule has 1 atom stereocenters. The molecule has 0 saturated carbocycles. The molecule has 0 aromatic carbocycles. The van der Waals surface area contributed by atoms with Crippen molar-refractivity contribution in [3.05, 3.63) is 23.8 Å². The Hall–Kier alpha value is -2.06. The van der Waals surface area contributed by atoms with Crippen molar-refractivity contribution >= 4 is 11.8 Å². The molecule has 4 rings (SSSR count). The van der Waals surface area contributed by atoms with E-state index in [4.69, 9.17) is 4.74 Å². The van der Waals surface area contributed by atoms with Crippen molar-refractivity contribution in [2.75, 3.05) is 52.5 Å². The predicted octanol–water partition coefficient (Wildman–Crippen LogP) is 0.960. The molecule has 0 spiro atoms. The Balaban J connectivity index is 1.30. The summed E-state index contributed by atoms with van der Waals surface area (Å²) in [6, 6.07) is 0.451. The van der Waals surface area contributed by atoms with Crippen LogP contribution in [-0.4, -0.2) is 95.0 Å². The van der Waals surface area contributed by atoms with Crippen LogP contribution in [0.15, 0.2) is 12.5 Å². The molecule has 0 N–H and O–H groups in total. The number of carbonyl (C=O) groups excluding carboxylic acids is 2. The van der Waals surface area contributed by atoms with Gasteiger partial charge in [0.15, 0.2) is 0 Å². The van der Waals surface area contributed by atoms with Crippen LogP contribution in [0.25, 0.3) is 0 Å². The van der Waals surface area contributed by atoms with Gasteiger partial charge in [-0.25, -0.2) is 9.97 Å². The highest BCUT2D eigenvalue weighted by Gasteiger charge is 2.34. The molecule has 158 valence electrons. The summed E-state index contributed by atoms with van der Waals surface area (Å²) < 4.78 is 5.38. The largest absolute Gasteiger partial charge is 0.378 e. The van der Waals surface area contributed by atoms with Crippen molar-refractivity contribution < 1.29 is 14.3 Å². The van der Waals surface area contributed by atoms with E-state index in [0.717, 1.165) is 70.6 Å². The second-order valence-electron chi connectivity index (χ2n) is 8.32. The molecular weight excluding hydrogens is 370 g/mol. The summed E-state index contributed by atoms with van der Waals surface area (Å²) in [4.78, 5) is 40.2. The fourth-order valence-electron chi connectivity index (χ4n) is 4.79. The number of piperidine rings is 2. The van der Waals surface area contributed by atoms with E-state index in [0.29, 0.717) is 30.7 Å². The van der Waals surface area contributed by atoms with Crippen LogP contribution >= 0.6 is 0 Å². The molecule has 0 aliphatic carbocycles. The molecule has 1 aromatic heterocycles. The summed E-state index contributed by atoms with van der Waals surface area (Å²) in [6.45, 7) is 7.99. The van der Waals surface area contributed by atoms with Crippen LogP contribution in [0.3, 0.4) is 0 Å². The molecule has 0 bridgehead atoms. The lowest BCUT2D eigenvalue weighted by Gasteiger charge is -2.43. The van der Waals surface area contributed by atoms with Crippen molar-refractivity contribution in [3.63, 3.8) is 0 Å². The minimum atomic E-state index is 0.0283. The number of hydrogen-bond acceptors (Lipinski definition) is 6. The minimum Gasteiger partial charge on any atom is -0.378 e. The summed E-state index contributed by atoms with van der Waals surface area (Å²) >= 11 is 0. The molecule has 29 heavy (non-hydrogen) atoms. The Morgan fingerprint density at radius 2 is 1.79 bits per heavy atom. The number of ether oxygens (including phenoxy) is 1. The fourth-order valence-corrected chi connectivity index (χ4v) is 4.79. The summed E-state index contributed by atoms with van der Waals surface area (Å²) in [7, 11) is 0. The van der Waals surface area contributed by atoms with Gasteiger partial charge in [-0.05, 0) is 39.2 Å². The number of likely N-dealkylation sites (tertiary alicyclic amines) is 2. The van der Waals surface area contributed by atoms with E-state index < -0.39 is 0 Å². The molecule has 4 heterocycles. The first kappa shape index (κ1) is 20.2. The lowest BCUT2D eigenvalue weighted by atomic mass is 9.92. The van der Waals surface area contributed by atoms with Crippen molar-refractivity contribution in [2.45, 2.75) is 38.6 Å². The molecule has 8 nitrogen and oxygen atoms in total. The lowest BCUT2D eigenvalue weighted by Crippen LogP contribution is -2.53. The van der Waals surface area contributed by atoms with Crippen molar-refractivity contribution in [1.82, 2.24) is 24.7 Å². The van der Waals surface area contributed by atoms with Gasteiger partial charge in [0.1, 0.15) is 6.33 Å². The van der Waals surface area contributed by atoms with Gasteiger partial charge in [0, 0.05) is 45.0 Å². The third-order valence-electron chi connectivity index (χ3n) is 6.53. The van der Waals surface area contributed by atoms with E-state index in [1.807, 2.05) is 16.7 Å². The van der Waals surface area contributed by atoms with Crippen LogP contribution in [0, 0.1) is 12.8 Å². The number of hydrogen-bond donors (Lipinski definition) is 0. The van der Waals surface area contributed by atoms with Gasteiger partial charge in [-0.15, -0.1) is 0 Å². The van der Waals surface area contributed by atoms with Gasteiger partial charge in [-0.1, -0.05) is 0 Å². The maximum atomic E-state index is 12.9. The average molecular weight is 402 g/mol. The highest BCUT2D eigenvalue weighted by molar-refractivity contribution is 5.94. The van der Waals surface area contributed by atoms with E-state index in [-0.39, 0.29) is 11.8 Å². The number of rotatable bonds is 3. The van der Waals surface area contributed by atoms with Crippen LogP contribution in [-0.2, 0) is 9.53 Å². The molecule has 3 aliphatic rings.